The third-order valence-electron chi connectivity index (χ3n) is 2.36. The second-order valence-electron chi connectivity index (χ2n) is 3.53. The van der Waals surface area contributed by atoms with Crippen LogP contribution in [0.4, 0.5) is 4.39 Å². The molecule has 2 rings (SSSR count). The molecule has 1 aromatic carbocycles. The fourth-order valence-electron chi connectivity index (χ4n) is 1.60. The Hall–Kier alpha value is -0.540. The van der Waals surface area contributed by atoms with Gasteiger partial charge in [-0.15, -0.1) is 0 Å². The first-order chi connectivity index (χ1) is 6.84. The van der Waals surface area contributed by atoms with Crippen LogP contribution in [0, 0.1) is 5.82 Å². The molecule has 0 bridgehead atoms. The molecular weight excluding hydrogens is 197 g/mol. The van der Waals surface area contributed by atoms with Crippen molar-refractivity contribution in [1.29, 1.82) is 0 Å². The van der Waals surface area contributed by atoms with Gasteiger partial charge in [0.1, 0.15) is 5.82 Å². The average molecular weight is 211 g/mol. The van der Waals surface area contributed by atoms with Gasteiger partial charge < -0.3 is 0 Å². The quantitative estimate of drug-likeness (QED) is 0.690. The summed E-state index contributed by atoms with van der Waals surface area (Å²) in [5.74, 6) is -0.159. The summed E-state index contributed by atoms with van der Waals surface area (Å²) in [7, 11) is 0. The van der Waals surface area contributed by atoms with Gasteiger partial charge in [-0.3, -0.25) is 0 Å². The molecule has 1 aliphatic heterocycles. The summed E-state index contributed by atoms with van der Waals surface area (Å²) in [5, 5.41) is 0. The van der Waals surface area contributed by atoms with Gasteiger partial charge in [0.15, 0.2) is 0 Å². The third-order valence-corrected chi connectivity index (χ3v) is 3.47. The monoisotopic (exact) mass is 211 g/mol. The van der Waals surface area contributed by atoms with E-state index in [0.717, 1.165) is 18.0 Å². The topological polar surface area (TPSA) is 3.24 Å². The zero-order valence-electron chi connectivity index (χ0n) is 8.08. The lowest BCUT2D eigenvalue weighted by molar-refractivity contribution is 0.380. The summed E-state index contributed by atoms with van der Waals surface area (Å²) >= 11 is 1.74. The summed E-state index contributed by atoms with van der Waals surface area (Å²) in [4.78, 5) is 1.13. The van der Waals surface area contributed by atoms with Crippen LogP contribution in [-0.4, -0.2) is 17.4 Å². The highest BCUT2D eigenvalue weighted by molar-refractivity contribution is 7.97. The van der Waals surface area contributed by atoms with E-state index in [9.17, 15) is 4.39 Å². The van der Waals surface area contributed by atoms with Gasteiger partial charge in [-0.05, 0) is 49.1 Å². The van der Waals surface area contributed by atoms with E-state index in [1.807, 2.05) is 12.1 Å². The molecule has 1 fully saturated rings. The molecule has 1 heterocycles. The molecule has 3 heteroatoms. The summed E-state index contributed by atoms with van der Waals surface area (Å²) in [6.07, 6.45) is 3.92. The van der Waals surface area contributed by atoms with E-state index in [1.54, 1.807) is 11.9 Å². The number of rotatable bonds is 2. The van der Waals surface area contributed by atoms with E-state index in [2.05, 4.69) is 4.31 Å². The molecule has 0 spiro atoms. The predicted octanol–water partition coefficient (Wildman–Crippen LogP) is 3.32. The minimum atomic E-state index is -0.159. The number of hydrogen-bond acceptors (Lipinski definition) is 2. The smallest absolute Gasteiger partial charge is 0.123 e. The van der Waals surface area contributed by atoms with Crippen LogP contribution in [0.3, 0.4) is 0 Å². The molecule has 0 amide bonds. The van der Waals surface area contributed by atoms with Crippen molar-refractivity contribution >= 4 is 11.9 Å². The van der Waals surface area contributed by atoms with Gasteiger partial charge in [0.05, 0.1) is 0 Å². The van der Waals surface area contributed by atoms with Gasteiger partial charge in [0, 0.05) is 18.0 Å². The molecule has 0 N–H and O–H groups in total. The van der Waals surface area contributed by atoms with Crippen LogP contribution in [0.15, 0.2) is 29.2 Å². The standard InChI is InChI=1S/C11H14FNS/c12-10-4-6-11(7-5-10)14-13-8-2-1-3-9-13/h4-7H,1-3,8-9H2. The zero-order chi connectivity index (χ0) is 9.80. The molecule has 1 saturated heterocycles. The fourth-order valence-corrected chi connectivity index (χ4v) is 2.60. The Kier molecular flexibility index (Phi) is 3.43. The lowest BCUT2D eigenvalue weighted by Crippen LogP contribution is -2.22. The lowest BCUT2D eigenvalue weighted by Gasteiger charge is -2.24. The largest absolute Gasteiger partial charge is 0.246 e. The van der Waals surface area contributed by atoms with Crippen molar-refractivity contribution in [3.63, 3.8) is 0 Å². The highest BCUT2D eigenvalue weighted by Crippen LogP contribution is 2.25. The van der Waals surface area contributed by atoms with E-state index >= 15 is 0 Å². The number of halogens is 1. The van der Waals surface area contributed by atoms with Crippen molar-refractivity contribution in [2.24, 2.45) is 0 Å². The van der Waals surface area contributed by atoms with E-state index in [1.165, 1.54) is 31.4 Å². The first kappa shape index (κ1) is 9.99. The predicted molar refractivity (Wildman–Crippen MR) is 57.7 cm³/mol. The van der Waals surface area contributed by atoms with E-state index < -0.39 is 0 Å². The molecule has 0 saturated carbocycles. The van der Waals surface area contributed by atoms with Gasteiger partial charge in [0.25, 0.3) is 0 Å². The SMILES string of the molecule is Fc1ccc(SN2CCCCC2)cc1. The van der Waals surface area contributed by atoms with Crippen molar-refractivity contribution in [3.05, 3.63) is 30.1 Å². The van der Waals surface area contributed by atoms with E-state index in [4.69, 9.17) is 0 Å². The van der Waals surface area contributed by atoms with Crippen LogP contribution in [0.5, 0.6) is 0 Å². The van der Waals surface area contributed by atoms with Crippen LogP contribution >= 0.6 is 11.9 Å². The number of nitrogens with zero attached hydrogens (tertiary/aromatic N) is 1. The molecule has 0 atom stereocenters. The van der Waals surface area contributed by atoms with Gasteiger partial charge in [0.2, 0.25) is 0 Å². The Morgan fingerprint density at radius 2 is 1.64 bits per heavy atom. The van der Waals surface area contributed by atoms with E-state index in [-0.39, 0.29) is 5.82 Å². The molecule has 1 aromatic rings. The molecule has 0 unspecified atom stereocenters. The molecule has 1 aliphatic rings. The lowest BCUT2D eigenvalue weighted by atomic mass is 10.2. The van der Waals surface area contributed by atoms with Crippen molar-refractivity contribution < 1.29 is 4.39 Å². The van der Waals surface area contributed by atoms with Crippen molar-refractivity contribution in [1.82, 2.24) is 4.31 Å². The Morgan fingerprint density at radius 1 is 1.00 bits per heavy atom. The normalized spacial score (nSPS) is 18.4. The summed E-state index contributed by atoms with van der Waals surface area (Å²) in [5.41, 5.74) is 0. The number of piperidine rings is 1. The van der Waals surface area contributed by atoms with Crippen LogP contribution in [0.25, 0.3) is 0 Å². The summed E-state index contributed by atoms with van der Waals surface area (Å²) in [6.45, 7) is 2.31. The minimum Gasteiger partial charge on any atom is -0.246 e. The highest BCUT2D eigenvalue weighted by Gasteiger charge is 2.10. The Bertz CT molecular complexity index is 280. The van der Waals surface area contributed by atoms with Crippen molar-refractivity contribution in [3.8, 4) is 0 Å². The molecule has 0 aromatic heterocycles. The second kappa shape index (κ2) is 4.80. The van der Waals surface area contributed by atoms with Gasteiger partial charge in [-0.1, -0.05) is 6.42 Å². The van der Waals surface area contributed by atoms with Crippen molar-refractivity contribution in [2.45, 2.75) is 24.2 Å². The Balaban J connectivity index is 1.92. The number of hydrogen-bond donors (Lipinski definition) is 0. The maximum atomic E-state index is 12.6. The maximum absolute atomic E-state index is 12.6. The summed E-state index contributed by atoms with van der Waals surface area (Å²) < 4.78 is 15.0. The minimum absolute atomic E-state index is 0.159. The zero-order valence-corrected chi connectivity index (χ0v) is 8.89. The van der Waals surface area contributed by atoms with E-state index in [0.29, 0.717) is 0 Å². The van der Waals surface area contributed by atoms with Gasteiger partial charge >= 0.3 is 0 Å². The molecule has 0 radical (unpaired) electrons. The molecule has 76 valence electrons. The Labute approximate surface area is 88.4 Å². The molecule has 1 nitrogen and oxygen atoms in total. The maximum Gasteiger partial charge on any atom is 0.123 e. The first-order valence-corrected chi connectivity index (χ1v) is 5.80. The summed E-state index contributed by atoms with van der Waals surface area (Å²) in [6, 6.07) is 6.72. The molecule has 0 aliphatic carbocycles. The van der Waals surface area contributed by atoms with Crippen LogP contribution in [0.1, 0.15) is 19.3 Å². The van der Waals surface area contributed by atoms with Gasteiger partial charge in [-0.2, -0.15) is 0 Å². The first-order valence-electron chi connectivity index (χ1n) is 5.03. The van der Waals surface area contributed by atoms with Crippen molar-refractivity contribution in [2.75, 3.05) is 13.1 Å². The second-order valence-corrected chi connectivity index (χ2v) is 4.71. The number of benzene rings is 1. The van der Waals surface area contributed by atoms with Gasteiger partial charge in [-0.25, -0.2) is 8.70 Å². The third kappa shape index (κ3) is 2.72. The van der Waals surface area contributed by atoms with Crippen LogP contribution < -0.4 is 0 Å². The molecular formula is C11H14FNS. The fraction of sp³-hybridized carbons (Fsp3) is 0.455. The van der Waals surface area contributed by atoms with Crippen LogP contribution in [0.2, 0.25) is 0 Å². The highest BCUT2D eigenvalue weighted by atomic mass is 32.2. The Morgan fingerprint density at radius 3 is 2.29 bits per heavy atom. The average Bonchev–Trinajstić information content (AvgIpc) is 2.23. The van der Waals surface area contributed by atoms with Crippen LogP contribution in [-0.2, 0) is 0 Å². The molecule has 14 heavy (non-hydrogen) atoms.